The molecule has 1 aliphatic rings. The van der Waals surface area contributed by atoms with Crippen molar-refractivity contribution in [2.45, 2.75) is 51.8 Å². The lowest BCUT2D eigenvalue weighted by Crippen LogP contribution is -2.35. The van der Waals surface area contributed by atoms with Crippen molar-refractivity contribution in [1.82, 2.24) is 10.3 Å². The standard InChI is InChI=1S/C16H27N3O/c1-16(2,3)18-11-13-7-8-17-15(10-13)19(4)12-14-6-5-9-20-14/h7-8,10,14,18H,5-6,9,11-12H2,1-4H3. The summed E-state index contributed by atoms with van der Waals surface area (Å²) in [5, 5.41) is 3.51. The molecule has 1 atom stereocenters. The number of hydrogen-bond donors (Lipinski definition) is 1. The Morgan fingerprint density at radius 1 is 1.45 bits per heavy atom. The van der Waals surface area contributed by atoms with E-state index in [-0.39, 0.29) is 5.54 Å². The van der Waals surface area contributed by atoms with Crippen molar-refractivity contribution in [3.63, 3.8) is 0 Å². The molecular formula is C16H27N3O. The van der Waals surface area contributed by atoms with Crippen LogP contribution in [0.15, 0.2) is 18.3 Å². The maximum atomic E-state index is 5.69. The Labute approximate surface area is 122 Å². The lowest BCUT2D eigenvalue weighted by Gasteiger charge is -2.23. The number of nitrogens with one attached hydrogen (secondary N) is 1. The summed E-state index contributed by atoms with van der Waals surface area (Å²) in [4.78, 5) is 6.66. The second-order valence-corrected chi connectivity index (χ2v) is 6.64. The number of aromatic nitrogens is 1. The number of ether oxygens (including phenoxy) is 1. The van der Waals surface area contributed by atoms with Crippen molar-refractivity contribution in [2.75, 3.05) is 25.1 Å². The van der Waals surface area contributed by atoms with Gasteiger partial charge in [-0.25, -0.2) is 4.98 Å². The van der Waals surface area contributed by atoms with E-state index in [1.54, 1.807) is 0 Å². The fourth-order valence-electron chi connectivity index (χ4n) is 2.33. The molecule has 4 nitrogen and oxygen atoms in total. The van der Waals surface area contributed by atoms with E-state index >= 15 is 0 Å². The second kappa shape index (κ2) is 6.55. The minimum absolute atomic E-state index is 0.132. The first-order chi connectivity index (χ1) is 9.44. The van der Waals surface area contributed by atoms with Gasteiger partial charge in [-0.2, -0.15) is 0 Å². The van der Waals surface area contributed by atoms with Crippen LogP contribution < -0.4 is 10.2 Å². The number of pyridine rings is 1. The Balaban J connectivity index is 1.93. The quantitative estimate of drug-likeness (QED) is 0.897. The summed E-state index contributed by atoms with van der Waals surface area (Å²) in [6.45, 7) is 9.23. The van der Waals surface area contributed by atoms with E-state index in [0.717, 1.165) is 31.9 Å². The molecule has 4 heteroatoms. The van der Waals surface area contributed by atoms with Crippen LogP contribution in [0.3, 0.4) is 0 Å². The van der Waals surface area contributed by atoms with Crippen LogP contribution in [0.5, 0.6) is 0 Å². The van der Waals surface area contributed by atoms with Gasteiger partial charge in [-0.1, -0.05) is 0 Å². The number of hydrogen-bond acceptors (Lipinski definition) is 4. The highest BCUT2D eigenvalue weighted by Gasteiger charge is 2.18. The fourth-order valence-corrected chi connectivity index (χ4v) is 2.33. The van der Waals surface area contributed by atoms with E-state index in [9.17, 15) is 0 Å². The smallest absolute Gasteiger partial charge is 0.128 e. The number of anilines is 1. The number of likely N-dealkylation sites (N-methyl/N-ethyl adjacent to an activating group) is 1. The average Bonchev–Trinajstić information content (AvgIpc) is 2.89. The minimum atomic E-state index is 0.132. The largest absolute Gasteiger partial charge is 0.376 e. The van der Waals surface area contributed by atoms with Crippen LogP contribution in [-0.2, 0) is 11.3 Å². The van der Waals surface area contributed by atoms with Crippen LogP contribution in [0.2, 0.25) is 0 Å². The zero-order valence-electron chi connectivity index (χ0n) is 13.1. The van der Waals surface area contributed by atoms with E-state index in [1.165, 1.54) is 12.0 Å². The first-order valence-electron chi connectivity index (χ1n) is 7.47. The van der Waals surface area contributed by atoms with Crippen molar-refractivity contribution in [1.29, 1.82) is 0 Å². The third-order valence-corrected chi connectivity index (χ3v) is 3.53. The fraction of sp³-hybridized carbons (Fsp3) is 0.688. The SMILES string of the molecule is CN(CC1CCCO1)c1cc(CNC(C)(C)C)ccn1. The molecule has 0 radical (unpaired) electrons. The molecule has 1 aliphatic heterocycles. The van der Waals surface area contributed by atoms with Gasteiger partial charge < -0.3 is 15.0 Å². The average molecular weight is 277 g/mol. The van der Waals surface area contributed by atoms with E-state index in [1.807, 2.05) is 6.20 Å². The topological polar surface area (TPSA) is 37.4 Å². The van der Waals surface area contributed by atoms with Crippen molar-refractivity contribution < 1.29 is 4.74 Å². The summed E-state index contributed by atoms with van der Waals surface area (Å²) in [6.07, 6.45) is 4.59. The van der Waals surface area contributed by atoms with E-state index < -0.39 is 0 Å². The lowest BCUT2D eigenvalue weighted by atomic mass is 10.1. The first kappa shape index (κ1) is 15.3. The van der Waals surface area contributed by atoms with Crippen molar-refractivity contribution in [2.24, 2.45) is 0 Å². The van der Waals surface area contributed by atoms with Gasteiger partial charge in [0.15, 0.2) is 0 Å². The molecule has 0 aromatic carbocycles. The van der Waals surface area contributed by atoms with Crippen molar-refractivity contribution in [3.8, 4) is 0 Å². The van der Waals surface area contributed by atoms with Crippen LogP contribution >= 0.6 is 0 Å². The maximum Gasteiger partial charge on any atom is 0.128 e. The molecular weight excluding hydrogens is 250 g/mol. The number of rotatable bonds is 5. The van der Waals surface area contributed by atoms with Gasteiger partial charge in [0.2, 0.25) is 0 Å². The van der Waals surface area contributed by atoms with E-state index in [0.29, 0.717) is 6.10 Å². The second-order valence-electron chi connectivity index (χ2n) is 6.64. The first-order valence-corrected chi connectivity index (χ1v) is 7.47. The molecule has 0 amide bonds. The molecule has 1 fully saturated rings. The summed E-state index contributed by atoms with van der Waals surface area (Å²) in [7, 11) is 2.09. The molecule has 1 N–H and O–H groups in total. The normalized spacial score (nSPS) is 19.3. The molecule has 20 heavy (non-hydrogen) atoms. The third-order valence-electron chi connectivity index (χ3n) is 3.53. The van der Waals surface area contributed by atoms with E-state index in [4.69, 9.17) is 4.74 Å². The van der Waals surface area contributed by atoms with Crippen LogP contribution in [0.4, 0.5) is 5.82 Å². The van der Waals surface area contributed by atoms with Gasteiger partial charge in [-0.05, 0) is 51.3 Å². The molecule has 2 heterocycles. The predicted molar refractivity (Wildman–Crippen MR) is 83.1 cm³/mol. The molecule has 0 spiro atoms. The van der Waals surface area contributed by atoms with Gasteiger partial charge in [0.05, 0.1) is 6.10 Å². The Morgan fingerprint density at radius 2 is 2.25 bits per heavy atom. The molecule has 1 aromatic rings. The lowest BCUT2D eigenvalue weighted by molar-refractivity contribution is 0.116. The van der Waals surface area contributed by atoms with Gasteiger partial charge in [-0.15, -0.1) is 0 Å². The van der Waals surface area contributed by atoms with E-state index in [2.05, 4.69) is 55.2 Å². The van der Waals surface area contributed by atoms with Crippen LogP contribution in [-0.4, -0.2) is 36.8 Å². The predicted octanol–water partition coefficient (Wildman–Crippen LogP) is 2.58. The zero-order chi connectivity index (χ0) is 14.6. The Bertz CT molecular complexity index is 422. The monoisotopic (exact) mass is 277 g/mol. The summed E-state index contributed by atoms with van der Waals surface area (Å²) in [5.41, 5.74) is 1.40. The maximum absolute atomic E-state index is 5.69. The molecule has 1 aromatic heterocycles. The summed E-state index contributed by atoms with van der Waals surface area (Å²) in [5.74, 6) is 1.02. The summed E-state index contributed by atoms with van der Waals surface area (Å²) >= 11 is 0. The Morgan fingerprint density at radius 3 is 2.90 bits per heavy atom. The van der Waals surface area contributed by atoms with Crippen LogP contribution in [0.25, 0.3) is 0 Å². The summed E-state index contributed by atoms with van der Waals surface area (Å²) < 4.78 is 5.69. The number of nitrogens with zero attached hydrogens (tertiary/aromatic N) is 2. The highest BCUT2D eigenvalue weighted by atomic mass is 16.5. The minimum Gasteiger partial charge on any atom is -0.376 e. The van der Waals surface area contributed by atoms with Crippen LogP contribution in [0.1, 0.15) is 39.2 Å². The Kier molecular flexibility index (Phi) is 5.00. The third kappa shape index (κ3) is 4.76. The van der Waals surface area contributed by atoms with Gasteiger partial charge in [-0.3, -0.25) is 0 Å². The molecule has 1 unspecified atom stereocenters. The van der Waals surface area contributed by atoms with Gasteiger partial charge in [0, 0.05) is 38.5 Å². The molecule has 1 saturated heterocycles. The van der Waals surface area contributed by atoms with Crippen molar-refractivity contribution in [3.05, 3.63) is 23.9 Å². The van der Waals surface area contributed by atoms with Crippen LogP contribution in [0, 0.1) is 0 Å². The van der Waals surface area contributed by atoms with Gasteiger partial charge >= 0.3 is 0 Å². The molecule has 2 rings (SSSR count). The molecule has 0 bridgehead atoms. The summed E-state index contributed by atoms with van der Waals surface area (Å²) in [6, 6.07) is 4.23. The highest BCUT2D eigenvalue weighted by molar-refractivity contribution is 5.40. The van der Waals surface area contributed by atoms with Gasteiger partial charge in [0.1, 0.15) is 5.82 Å². The van der Waals surface area contributed by atoms with Crippen molar-refractivity contribution >= 4 is 5.82 Å². The Hall–Kier alpha value is -1.13. The zero-order valence-corrected chi connectivity index (χ0v) is 13.1. The molecule has 112 valence electrons. The molecule has 0 saturated carbocycles. The highest BCUT2D eigenvalue weighted by Crippen LogP contribution is 2.17. The van der Waals surface area contributed by atoms with Gasteiger partial charge in [0.25, 0.3) is 0 Å². The molecule has 0 aliphatic carbocycles.